The second-order valence-electron chi connectivity index (χ2n) is 7.92. The molecule has 0 spiro atoms. The van der Waals surface area contributed by atoms with Crippen molar-refractivity contribution in [2.75, 3.05) is 6.61 Å². The second-order valence-corrected chi connectivity index (χ2v) is 9.09. The molecule has 0 amide bonds. The predicted octanol–water partition coefficient (Wildman–Crippen LogP) is 5.35. The van der Waals surface area contributed by atoms with Gasteiger partial charge in [0.15, 0.2) is 0 Å². The first-order valence-corrected chi connectivity index (χ1v) is 12.0. The molecule has 1 fully saturated rings. The van der Waals surface area contributed by atoms with E-state index in [1.54, 1.807) is 0 Å². The number of thioether (sulfide) groups is 1. The topological polar surface area (TPSA) is 96.7 Å². The van der Waals surface area contributed by atoms with Crippen LogP contribution in [0.2, 0.25) is 0 Å². The molecule has 5 atom stereocenters. The Morgan fingerprint density at radius 3 is 2.09 bits per heavy atom. The van der Waals surface area contributed by atoms with Crippen LogP contribution in [-0.2, 0) is 27.4 Å². The van der Waals surface area contributed by atoms with E-state index < -0.39 is 29.8 Å². The maximum absolute atomic E-state index is 11.2. The summed E-state index contributed by atoms with van der Waals surface area (Å²) in [7, 11) is 0. The largest absolute Gasteiger partial charge is 0.390 e. The van der Waals surface area contributed by atoms with Gasteiger partial charge in [-0.2, -0.15) is 0 Å². The van der Waals surface area contributed by atoms with Crippen molar-refractivity contribution in [2.45, 2.75) is 47.9 Å². The van der Waals surface area contributed by atoms with Crippen LogP contribution in [0.4, 0.5) is 0 Å². The van der Waals surface area contributed by atoms with Gasteiger partial charge < -0.3 is 19.3 Å². The SMILES string of the molecule is [N-]=[N+]=N[C@@H]1[C@@H](O)[C@@H](OCc2ccccc2)[C@@H](COCc2ccccc2)O[C@H]1Sc1ccccc1. The van der Waals surface area contributed by atoms with Gasteiger partial charge in [-0.3, -0.25) is 0 Å². The predicted molar refractivity (Wildman–Crippen MR) is 131 cm³/mol. The highest BCUT2D eigenvalue weighted by Gasteiger charge is 2.46. The van der Waals surface area contributed by atoms with Crippen LogP contribution in [0.5, 0.6) is 0 Å². The molecule has 0 aromatic heterocycles. The third kappa shape index (κ3) is 6.61. The summed E-state index contributed by atoms with van der Waals surface area (Å²) < 4.78 is 18.4. The molecule has 0 bridgehead atoms. The molecular weight excluding hydrogens is 450 g/mol. The van der Waals surface area contributed by atoms with E-state index in [-0.39, 0.29) is 6.61 Å². The minimum Gasteiger partial charge on any atom is -0.390 e. The average Bonchev–Trinajstić information content (AvgIpc) is 2.88. The van der Waals surface area contributed by atoms with Crippen molar-refractivity contribution in [1.29, 1.82) is 0 Å². The summed E-state index contributed by atoms with van der Waals surface area (Å²) in [5, 5.41) is 15.1. The third-order valence-corrected chi connectivity index (χ3v) is 6.67. The number of aliphatic hydroxyl groups excluding tert-OH is 1. The number of nitrogens with zero attached hydrogens (tertiary/aromatic N) is 3. The molecule has 0 aliphatic carbocycles. The fraction of sp³-hybridized carbons (Fsp3) is 0.308. The highest BCUT2D eigenvalue weighted by atomic mass is 32.2. The van der Waals surface area contributed by atoms with Gasteiger partial charge in [0.05, 0.1) is 25.9 Å². The molecule has 1 aliphatic rings. The standard InChI is InChI=1S/C26H27N3O4S/c27-29-28-23-24(30)25(32-17-20-12-6-2-7-13-20)22(18-31-16-19-10-4-1-5-11-19)33-26(23)34-21-14-8-3-9-15-21/h1-15,22-26,30H,16-18H2/t22-,23-,24-,25+,26+/m1/s1. The van der Waals surface area contributed by atoms with Gasteiger partial charge in [-0.25, -0.2) is 0 Å². The Bertz CT molecular complexity index is 1050. The van der Waals surface area contributed by atoms with Crippen molar-refractivity contribution < 1.29 is 19.3 Å². The minimum absolute atomic E-state index is 0.222. The normalized spacial score (nSPS) is 24.3. The Kier molecular flexibility index (Phi) is 8.98. The van der Waals surface area contributed by atoms with Gasteiger partial charge in [0.25, 0.3) is 0 Å². The molecule has 7 nitrogen and oxygen atoms in total. The van der Waals surface area contributed by atoms with Gasteiger partial charge in [-0.1, -0.05) is 95.7 Å². The highest BCUT2D eigenvalue weighted by molar-refractivity contribution is 7.99. The van der Waals surface area contributed by atoms with Gasteiger partial charge in [-0.15, -0.1) is 0 Å². The zero-order valence-electron chi connectivity index (χ0n) is 18.6. The molecule has 1 aliphatic heterocycles. The number of aliphatic hydroxyl groups is 1. The van der Waals surface area contributed by atoms with E-state index in [0.29, 0.717) is 13.2 Å². The molecule has 34 heavy (non-hydrogen) atoms. The van der Waals surface area contributed by atoms with Crippen molar-refractivity contribution >= 4 is 11.8 Å². The number of rotatable bonds is 10. The molecule has 0 radical (unpaired) electrons. The molecule has 1 heterocycles. The third-order valence-electron chi connectivity index (χ3n) is 5.50. The molecule has 3 aromatic rings. The molecule has 1 N–H and O–H groups in total. The number of azide groups is 1. The lowest BCUT2D eigenvalue weighted by Crippen LogP contribution is -2.58. The first kappa shape index (κ1) is 24.3. The maximum Gasteiger partial charge on any atom is 0.119 e. The fourth-order valence-corrected chi connectivity index (χ4v) is 4.93. The van der Waals surface area contributed by atoms with Gasteiger partial charge in [0.2, 0.25) is 0 Å². The number of hydrogen-bond acceptors (Lipinski definition) is 6. The number of hydrogen-bond donors (Lipinski definition) is 1. The average molecular weight is 478 g/mol. The van der Waals surface area contributed by atoms with Crippen molar-refractivity contribution in [3.63, 3.8) is 0 Å². The highest BCUT2D eigenvalue weighted by Crippen LogP contribution is 2.36. The molecule has 1 saturated heterocycles. The Morgan fingerprint density at radius 2 is 1.47 bits per heavy atom. The van der Waals surface area contributed by atoms with Crippen LogP contribution in [0.15, 0.2) is 101 Å². The Labute approximate surface area is 203 Å². The summed E-state index contributed by atoms with van der Waals surface area (Å²) in [4.78, 5) is 3.92. The van der Waals surface area contributed by atoms with Crippen molar-refractivity contribution in [3.8, 4) is 0 Å². The van der Waals surface area contributed by atoms with E-state index in [2.05, 4.69) is 10.0 Å². The van der Waals surface area contributed by atoms with Crippen molar-refractivity contribution in [2.24, 2.45) is 5.11 Å². The van der Waals surface area contributed by atoms with Gasteiger partial charge in [-0.05, 0) is 28.8 Å². The van der Waals surface area contributed by atoms with E-state index in [1.165, 1.54) is 11.8 Å². The lowest BCUT2D eigenvalue weighted by Gasteiger charge is -2.42. The van der Waals surface area contributed by atoms with Gasteiger partial charge >= 0.3 is 0 Å². The lowest BCUT2D eigenvalue weighted by atomic mass is 9.98. The van der Waals surface area contributed by atoms with E-state index in [9.17, 15) is 5.11 Å². The Balaban J connectivity index is 1.51. The zero-order chi connectivity index (χ0) is 23.6. The van der Waals surface area contributed by atoms with Crippen LogP contribution < -0.4 is 0 Å². The van der Waals surface area contributed by atoms with E-state index in [0.717, 1.165) is 16.0 Å². The summed E-state index contributed by atoms with van der Waals surface area (Å²) in [5.74, 6) is 0. The van der Waals surface area contributed by atoms with Gasteiger partial charge in [0, 0.05) is 9.81 Å². The summed E-state index contributed by atoms with van der Waals surface area (Å²) in [5.41, 5.74) is 10.6. The first-order valence-electron chi connectivity index (χ1n) is 11.1. The van der Waals surface area contributed by atoms with Crippen LogP contribution in [0.1, 0.15) is 11.1 Å². The van der Waals surface area contributed by atoms with Crippen LogP contribution in [0, 0.1) is 0 Å². The fourth-order valence-electron chi connectivity index (χ4n) is 3.79. The first-order chi connectivity index (χ1) is 16.7. The minimum atomic E-state index is -1.06. The smallest absolute Gasteiger partial charge is 0.119 e. The lowest BCUT2D eigenvalue weighted by molar-refractivity contribution is -0.195. The summed E-state index contributed by atoms with van der Waals surface area (Å²) in [6, 6.07) is 28.4. The maximum atomic E-state index is 11.2. The van der Waals surface area contributed by atoms with E-state index >= 15 is 0 Å². The van der Waals surface area contributed by atoms with Crippen LogP contribution in [0.25, 0.3) is 10.4 Å². The molecule has 0 saturated carbocycles. The quantitative estimate of drug-likeness (QED) is 0.241. The van der Waals surface area contributed by atoms with Crippen LogP contribution in [-0.4, -0.2) is 41.5 Å². The summed E-state index contributed by atoms with van der Waals surface area (Å²) >= 11 is 1.41. The van der Waals surface area contributed by atoms with E-state index in [1.807, 2.05) is 91.0 Å². The molecule has 176 valence electrons. The molecular formula is C26H27N3O4S. The second kappa shape index (κ2) is 12.6. The number of ether oxygens (including phenoxy) is 3. The molecule has 3 aromatic carbocycles. The Morgan fingerprint density at radius 1 is 0.882 bits per heavy atom. The monoisotopic (exact) mass is 477 g/mol. The molecule has 0 unspecified atom stereocenters. The number of benzene rings is 3. The molecule has 4 rings (SSSR count). The van der Waals surface area contributed by atoms with Crippen molar-refractivity contribution in [1.82, 2.24) is 0 Å². The zero-order valence-corrected chi connectivity index (χ0v) is 19.4. The van der Waals surface area contributed by atoms with E-state index in [4.69, 9.17) is 19.7 Å². The summed E-state index contributed by atoms with van der Waals surface area (Å²) in [6.45, 7) is 0.930. The molecule has 8 heteroatoms. The van der Waals surface area contributed by atoms with Gasteiger partial charge in [0.1, 0.15) is 23.7 Å². The van der Waals surface area contributed by atoms with Crippen molar-refractivity contribution in [3.05, 3.63) is 113 Å². The Hall–Kier alpha value is -2.84. The van der Waals surface area contributed by atoms with Crippen LogP contribution >= 0.6 is 11.8 Å². The summed E-state index contributed by atoms with van der Waals surface area (Å²) in [6.07, 6.45) is -2.33. The van der Waals surface area contributed by atoms with Crippen LogP contribution in [0.3, 0.4) is 0 Å².